The van der Waals surface area contributed by atoms with Crippen molar-refractivity contribution in [3.8, 4) is 5.75 Å². The second kappa shape index (κ2) is 4.99. The summed E-state index contributed by atoms with van der Waals surface area (Å²) in [6, 6.07) is 1.49. The minimum Gasteiger partial charge on any atom is -0.486 e. The van der Waals surface area contributed by atoms with Crippen LogP contribution in [0.4, 0.5) is 0 Å². The maximum atomic E-state index is 10.7. The molecule has 0 bridgehead atoms. The fourth-order valence-corrected chi connectivity index (χ4v) is 2.37. The highest BCUT2D eigenvalue weighted by molar-refractivity contribution is 7.12. The molecule has 0 aliphatic rings. The Bertz CT molecular complexity index is 591. The summed E-state index contributed by atoms with van der Waals surface area (Å²) in [6.07, 6.45) is 0. The van der Waals surface area contributed by atoms with Gasteiger partial charge in [0.05, 0.1) is 16.4 Å². The Hall–Kier alpha value is -1.53. The molecular weight excluding hydrogens is 276 g/mol. The molecule has 0 amide bonds. The molecule has 0 unspecified atom stereocenters. The SMILES string of the molecule is Cc1nn(C)c(COc2csc(C(=O)O)c2)c1Cl. The lowest BCUT2D eigenvalue weighted by Gasteiger charge is -2.04. The highest BCUT2D eigenvalue weighted by Crippen LogP contribution is 2.25. The molecule has 0 fully saturated rings. The number of aromatic carboxylic acids is 1. The number of aromatic nitrogens is 2. The Morgan fingerprint density at radius 1 is 1.67 bits per heavy atom. The molecule has 2 aromatic rings. The van der Waals surface area contributed by atoms with Crippen molar-refractivity contribution in [2.45, 2.75) is 13.5 Å². The van der Waals surface area contributed by atoms with Crippen molar-refractivity contribution in [1.29, 1.82) is 0 Å². The van der Waals surface area contributed by atoms with Crippen LogP contribution in [0, 0.1) is 6.92 Å². The highest BCUT2D eigenvalue weighted by atomic mass is 35.5. The quantitative estimate of drug-likeness (QED) is 0.938. The summed E-state index contributed by atoms with van der Waals surface area (Å²) in [4.78, 5) is 11.0. The van der Waals surface area contributed by atoms with E-state index in [1.54, 1.807) is 17.1 Å². The van der Waals surface area contributed by atoms with Gasteiger partial charge in [-0.15, -0.1) is 11.3 Å². The molecule has 2 rings (SSSR count). The Labute approximate surface area is 113 Å². The van der Waals surface area contributed by atoms with Crippen LogP contribution in [0.25, 0.3) is 0 Å². The first-order chi connectivity index (χ1) is 8.49. The average molecular weight is 287 g/mol. The molecule has 0 saturated heterocycles. The zero-order chi connectivity index (χ0) is 13.3. The molecule has 0 spiro atoms. The van der Waals surface area contributed by atoms with Gasteiger partial charge in [-0.1, -0.05) is 11.6 Å². The van der Waals surface area contributed by atoms with Gasteiger partial charge >= 0.3 is 5.97 Å². The van der Waals surface area contributed by atoms with E-state index in [1.807, 2.05) is 6.92 Å². The number of rotatable bonds is 4. The van der Waals surface area contributed by atoms with Gasteiger partial charge in [-0.25, -0.2) is 4.79 Å². The van der Waals surface area contributed by atoms with Crippen LogP contribution in [-0.4, -0.2) is 20.9 Å². The van der Waals surface area contributed by atoms with Gasteiger partial charge < -0.3 is 9.84 Å². The van der Waals surface area contributed by atoms with Crippen LogP contribution in [0.2, 0.25) is 5.02 Å². The molecule has 0 aliphatic carbocycles. The van der Waals surface area contributed by atoms with Crippen LogP contribution in [0.5, 0.6) is 5.75 Å². The number of hydrogen-bond acceptors (Lipinski definition) is 4. The van der Waals surface area contributed by atoms with Gasteiger partial charge in [-0.05, 0) is 6.92 Å². The standard InChI is InChI=1S/C11H11ClN2O3S/c1-6-10(12)8(14(2)13-6)4-17-7-3-9(11(15)16)18-5-7/h3,5H,4H2,1-2H3,(H,15,16). The van der Waals surface area contributed by atoms with Crippen LogP contribution in [0.1, 0.15) is 21.1 Å². The van der Waals surface area contributed by atoms with E-state index in [0.717, 1.165) is 22.7 Å². The van der Waals surface area contributed by atoms with Gasteiger partial charge in [-0.3, -0.25) is 4.68 Å². The number of thiophene rings is 1. The molecule has 18 heavy (non-hydrogen) atoms. The van der Waals surface area contributed by atoms with E-state index >= 15 is 0 Å². The lowest BCUT2D eigenvalue weighted by molar-refractivity contribution is 0.0702. The monoisotopic (exact) mass is 286 g/mol. The topological polar surface area (TPSA) is 64.4 Å². The average Bonchev–Trinajstić information content (AvgIpc) is 2.85. The van der Waals surface area contributed by atoms with Crippen molar-refractivity contribution < 1.29 is 14.6 Å². The van der Waals surface area contributed by atoms with E-state index in [0.29, 0.717) is 10.8 Å². The van der Waals surface area contributed by atoms with Crippen LogP contribution < -0.4 is 4.74 Å². The lowest BCUT2D eigenvalue weighted by atomic mass is 10.4. The number of halogens is 1. The maximum Gasteiger partial charge on any atom is 0.346 e. The van der Waals surface area contributed by atoms with E-state index in [2.05, 4.69) is 5.10 Å². The normalized spacial score (nSPS) is 10.6. The Kier molecular flexibility index (Phi) is 3.58. The third-order valence-electron chi connectivity index (χ3n) is 2.42. The molecule has 0 saturated carbocycles. The molecule has 2 aromatic heterocycles. The predicted molar refractivity (Wildman–Crippen MR) is 68.6 cm³/mol. The number of carboxylic acid groups (broad SMARTS) is 1. The molecule has 7 heteroatoms. The first-order valence-electron chi connectivity index (χ1n) is 5.11. The van der Waals surface area contributed by atoms with Crippen molar-refractivity contribution in [2.24, 2.45) is 7.05 Å². The zero-order valence-corrected chi connectivity index (χ0v) is 11.4. The summed E-state index contributed by atoms with van der Waals surface area (Å²) >= 11 is 7.21. The molecule has 96 valence electrons. The molecule has 0 aromatic carbocycles. The molecular formula is C11H11ClN2O3S. The lowest BCUT2D eigenvalue weighted by Crippen LogP contribution is -2.03. The van der Waals surface area contributed by atoms with Crippen LogP contribution >= 0.6 is 22.9 Å². The van der Waals surface area contributed by atoms with E-state index in [4.69, 9.17) is 21.4 Å². The Morgan fingerprint density at radius 2 is 2.39 bits per heavy atom. The number of ether oxygens (including phenoxy) is 1. The zero-order valence-electron chi connectivity index (χ0n) is 9.81. The van der Waals surface area contributed by atoms with Gasteiger partial charge in [0.1, 0.15) is 17.2 Å². The van der Waals surface area contributed by atoms with Crippen molar-refractivity contribution in [2.75, 3.05) is 0 Å². The molecule has 5 nitrogen and oxygen atoms in total. The minimum atomic E-state index is -0.954. The van der Waals surface area contributed by atoms with Crippen LogP contribution in [0.3, 0.4) is 0 Å². The summed E-state index contributed by atoms with van der Waals surface area (Å²) in [5.74, 6) is -0.434. The van der Waals surface area contributed by atoms with Crippen molar-refractivity contribution >= 4 is 28.9 Å². The third kappa shape index (κ3) is 2.49. The Balaban J connectivity index is 2.09. The van der Waals surface area contributed by atoms with E-state index in [9.17, 15) is 4.79 Å². The van der Waals surface area contributed by atoms with Gasteiger partial charge in [0.2, 0.25) is 0 Å². The second-order valence-electron chi connectivity index (χ2n) is 3.71. The van der Waals surface area contributed by atoms with Crippen molar-refractivity contribution in [1.82, 2.24) is 9.78 Å². The van der Waals surface area contributed by atoms with Gasteiger partial charge in [0.15, 0.2) is 0 Å². The molecule has 2 heterocycles. The molecule has 1 N–H and O–H groups in total. The smallest absolute Gasteiger partial charge is 0.346 e. The molecule has 0 atom stereocenters. The highest BCUT2D eigenvalue weighted by Gasteiger charge is 2.13. The Morgan fingerprint density at radius 3 is 2.89 bits per heavy atom. The first-order valence-corrected chi connectivity index (χ1v) is 6.37. The third-order valence-corrected chi connectivity index (χ3v) is 3.81. The summed E-state index contributed by atoms with van der Waals surface area (Å²) in [5, 5.41) is 15.2. The van der Waals surface area contributed by atoms with Crippen molar-refractivity contribution in [3.05, 3.63) is 32.7 Å². The fourth-order valence-electron chi connectivity index (χ4n) is 1.50. The number of carboxylic acids is 1. The van der Waals surface area contributed by atoms with Crippen LogP contribution in [-0.2, 0) is 13.7 Å². The molecule has 0 radical (unpaired) electrons. The van der Waals surface area contributed by atoms with Gasteiger partial charge in [-0.2, -0.15) is 5.10 Å². The fraction of sp³-hybridized carbons (Fsp3) is 0.273. The number of aryl methyl sites for hydroxylation is 2. The van der Waals surface area contributed by atoms with Gasteiger partial charge in [0, 0.05) is 18.5 Å². The minimum absolute atomic E-state index is 0.247. The number of nitrogens with zero attached hydrogens (tertiary/aromatic N) is 2. The summed E-state index contributed by atoms with van der Waals surface area (Å²) in [7, 11) is 1.79. The van der Waals surface area contributed by atoms with E-state index < -0.39 is 5.97 Å². The predicted octanol–water partition coefficient (Wildman–Crippen LogP) is 2.72. The summed E-state index contributed by atoms with van der Waals surface area (Å²) in [6.45, 7) is 2.07. The summed E-state index contributed by atoms with van der Waals surface area (Å²) in [5.41, 5.74) is 1.51. The van der Waals surface area contributed by atoms with E-state index in [1.165, 1.54) is 6.07 Å². The second-order valence-corrected chi connectivity index (χ2v) is 5.00. The molecule has 0 aliphatic heterocycles. The van der Waals surface area contributed by atoms with E-state index in [-0.39, 0.29) is 11.5 Å². The largest absolute Gasteiger partial charge is 0.486 e. The van der Waals surface area contributed by atoms with Crippen molar-refractivity contribution in [3.63, 3.8) is 0 Å². The van der Waals surface area contributed by atoms with Gasteiger partial charge in [0.25, 0.3) is 0 Å². The number of hydrogen-bond donors (Lipinski definition) is 1. The summed E-state index contributed by atoms with van der Waals surface area (Å²) < 4.78 is 7.15. The number of carbonyl (C=O) groups is 1. The van der Waals surface area contributed by atoms with Crippen LogP contribution in [0.15, 0.2) is 11.4 Å². The first kappa shape index (κ1) is 12.9. The maximum absolute atomic E-state index is 10.7.